The molecule has 0 aliphatic heterocycles. The van der Waals surface area contributed by atoms with E-state index < -0.39 is 36.9 Å². The second-order valence-electron chi connectivity index (χ2n) is 6.87. The Morgan fingerprint density at radius 2 is 1.62 bits per heavy atom. The van der Waals surface area contributed by atoms with Crippen molar-refractivity contribution in [2.75, 3.05) is 6.61 Å². The van der Waals surface area contributed by atoms with Crippen LogP contribution in [0.15, 0.2) is 0 Å². The Labute approximate surface area is 143 Å². The highest BCUT2D eigenvalue weighted by Crippen LogP contribution is 2.38. The molecule has 0 aromatic rings. The molecule has 1 aliphatic carbocycles. The van der Waals surface area contributed by atoms with Crippen molar-refractivity contribution < 1.29 is 30.3 Å². The standard InChI is InChI=1S/C17H33NO6/c1-3-5-10(6-4-2)11-7-8-12(11)18-17(24)16(23)15(22)14(21)13(20)9-19/h10-16,19-23H,3-9H2,1-2H3,(H,18,24)/t11?,12?,13-,14-,15+,16-/m1/s1. The van der Waals surface area contributed by atoms with Crippen molar-refractivity contribution in [3.05, 3.63) is 0 Å². The van der Waals surface area contributed by atoms with E-state index in [0.717, 1.165) is 38.5 Å². The van der Waals surface area contributed by atoms with E-state index in [1.54, 1.807) is 0 Å². The largest absolute Gasteiger partial charge is 0.394 e. The van der Waals surface area contributed by atoms with Gasteiger partial charge in [0, 0.05) is 6.04 Å². The third-order valence-corrected chi connectivity index (χ3v) is 5.10. The van der Waals surface area contributed by atoms with Crippen LogP contribution in [0.3, 0.4) is 0 Å². The number of hydrogen-bond donors (Lipinski definition) is 6. The molecule has 1 amide bonds. The average molecular weight is 347 g/mol. The molecule has 6 atom stereocenters. The Morgan fingerprint density at radius 3 is 2.04 bits per heavy atom. The summed E-state index contributed by atoms with van der Waals surface area (Å²) >= 11 is 0. The second kappa shape index (κ2) is 10.3. The summed E-state index contributed by atoms with van der Waals surface area (Å²) in [5.74, 6) is 0.169. The maximum Gasteiger partial charge on any atom is 0.251 e. The highest BCUT2D eigenvalue weighted by Gasteiger charge is 2.40. The molecule has 6 N–H and O–H groups in total. The summed E-state index contributed by atoms with van der Waals surface area (Å²) in [7, 11) is 0. The summed E-state index contributed by atoms with van der Waals surface area (Å²) in [4.78, 5) is 12.1. The van der Waals surface area contributed by atoms with E-state index in [2.05, 4.69) is 19.2 Å². The Balaban J connectivity index is 2.57. The van der Waals surface area contributed by atoms with Gasteiger partial charge in [-0.2, -0.15) is 0 Å². The van der Waals surface area contributed by atoms with Crippen LogP contribution in [0, 0.1) is 11.8 Å². The smallest absolute Gasteiger partial charge is 0.251 e. The normalized spacial score (nSPS) is 25.7. The van der Waals surface area contributed by atoms with Crippen LogP contribution in [0.1, 0.15) is 52.4 Å². The van der Waals surface area contributed by atoms with Gasteiger partial charge in [-0.3, -0.25) is 4.79 Å². The van der Waals surface area contributed by atoms with Crippen LogP contribution >= 0.6 is 0 Å². The number of aliphatic hydroxyl groups excluding tert-OH is 5. The summed E-state index contributed by atoms with van der Waals surface area (Å²) in [5.41, 5.74) is 0. The van der Waals surface area contributed by atoms with E-state index >= 15 is 0 Å². The molecule has 0 spiro atoms. The summed E-state index contributed by atoms with van der Waals surface area (Å²) in [6, 6.07) is -0.0256. The number of nitrogens with one attached hydrogen (secondary N) is 1. The fraction of sp³-hybridized carbons (Fsp3) is 0.941. The quantitative estimate of drug-likeness (QED) is 0.300. The Morgan fingerprint density at radius 1 is 1.04 bits per heavy atom. The molecule has 0 saturated heterocycles. The number of amides is 1. The van der Waals surface area contributed by atoms with Gasteiger partial charge in [0.05, 0.1) is 6.61 Å². The van der Waals surface area contributed by atoms with Gasteiger partial charge in [-0.1, -0.05) is 39.5 Å². The molecular formula is C17H33NO6. The predicted octanol–water partition coefficient (Wildman–Crippen LogP) is -0.466. The molecule has 1 saturated carbocycles. The molecule has 142 valence electrons. The number of rotatable bonds is 11. The van der Waals surface area contributed by atoms with Gasteiger partial charge in [-0.15, -0.1) is 0 Å². The lowest BCUT2D eigenvalue weighted by atomic mass is 9.68. The van der Waals surface area contributed by atoms with Crippen LogP contribution in [0.4, 0.5) is 0 Å². The summed E-state index contributed by atoms with van der Waals surface area (Å²) in [6.07, 6.45) is -0.827. The van der Waals surface area contributed by atoms with Crippen molar-refractivity contribution in [1.82, 2.24) is 5.32 Å². The maximum atomic E-state index is 12.1. The molecule has 2 unspecified atom stereocenters. The Kier molecular flexibility index (Phi) is 9.15. The van der Waals surface area contributed by atoms with Gasteiger partial charge in [-0.05, 0) is 24.7 Å². The zero-order valence-corrected chi connectivity index (χ0v) is 14.6. The molecular weight excluding hydrogens is 314 g/mol. The van der Waals surface area contributed by atoms with Gasteiger partial charge in [0.2, 0.25) is 0 Å². The molecule has 7 nitrogen and oxygen atoms in total. The summed E-state index contributed by atoms with van der Waals surface area (Å²) in [5, 5.41) is 50.1. The lowest BCUT2D eigenvalue weighted by Crippen LogP contribution is -2.56. The molecule has 24 heavy (non-hydrogen) atoms. The first-order valence-corrected chi connectivity index (χ1v) is 9.00. The highest BCUT2D eigenvalue weighted by atomic mass is 16.4. The predicted molar refractivity (Wildman–Crippen MR) is 89.1 cm³/mol. The summed E-state index contributed by atoms with van der Waals surface area (Å²) in [6.45, 7) is 3.51. The van der Waals surface area contributed by atoms with E-state index in [1.807, 2.05) is 0 Å². The highest BCUT2D eigenvalue weighted by molar-refractivity contribution is 5.81. The van der Waals surface area contributed by atoms with Crippen molar-refractivity contribution >= 4 is 5.91 Å². The zero-order valence-electron chi connectivity index (χ0n) is 14.6. The topological polar surface area (TPSA) is 130 Å². The first-order chi connectivity index (χ1) is 11.4. The second-order valence-corrected chi connectivity index (χ2v) is 6.87. The Hall–Kier alpha value is -0.730. The monoisotopic (exact) mass is 347 g/mol. The van der Waals surface area contributed by atoms with Crippen LogP contribution in [-0.4, -0.2) is 68.5 Å². The van der Waals surface area contributed by atoms with Crippen LogP contribution in [0.25, 0.3) is 0 Å². The SMILES string of the molecule is CCCC(CCC)C1CCC1NC(=O)[C@H](O)[C@@H](O)[C@H](O)[C@H](O)CO. The van der Waals surface area contributed by atoms with E-state index in [1.165, 1.54) is 0 Å². The fourth-order valence-corrected chi connectivity index (χ4v) is 3.53. The first-order valence-electron chi connectivity index (χ1n) is 9.00. The van der Waals surface area contributed by atoms with Crippen LogP contribution in [0.2, 0.25) is 0 Å². The average Bonchev–Trinajstić information content (AvgIpc) is 2.56. The molecule has 0 heterocycles. The van der Waals surface area contributed by atoms with E-state index in [4.69, 9.17) is 5.11 Å². The first kappa shape index (κ1) is 21.3. The summed E-state index contributed by atoms with van der Waals surface area (Å²) < 4.78 is 0. The van der Waals surface area contributed by atoms with E-state index in [0.29, 0.717) is 11.8 Å². The molecule has 0 aromatic heterocycles. The maximum absolute atomic E-state index is 12.1. The minimum atomic E-state index is -1.85. The van der Waals surface area contributed by atoms with Gasteiger partial charge < -0.3 is 30.8 Å². The van der Waals surface area contributed by atoms with Gasteiger partial charge in [0.15, 0.2) is 6.10 Å². The van der Waals surface area contributed by atoms with Gasteiger partial charge in [0.25, 0.3) is 5.91 Å². The van der Waals surface area contributed by atoms with Gasteiger partial charge in [0.1, 0.15) is 18.3 Å². The number of hydrogen-bond acceptors (Lipinski definition) is 6. The number of carbonyl (C=O) groups excluding carboxylic acids is 1. The number of aliphatic hydroxyl groups is 5. The minimum absolute atomic E-state index is 0.0256. The minimum Gasteiger partial charge on any atom is -0.394 e. The van der Waals surface area contributed by atoms with Gasteiger partial charge in [-0.25, -0.2) is 0 Å². The Bertz CT molecular complexity index is 374. The molecule has 0 aromatic carbocycles. The zero-order chi connectivity index (χ0) is 18.3. The van der Waals surface area contributed by atoms with Crippen LogP contribution in [0.5, 0.6) is 0 Å². The lowest BCUT2D eigenvalue weighted by Gasteiger charge is -2.43. The molecule has 1 fully saturated rings. The molecule has 0 radical (unpaired) electrons. The third-order valence-electron chi connectivity index (χ3n) is 5.10. The van der Waals surface area contributed by atoms with Crippen LogP contribution < -0.4 is 5.32 Å². The fourth-order valence-electron chi connectivity index (χ4n) is 3.53. The van der Waals surface area contributed by atoms with Crippen molar-refractivity contribution in [3.8, 4) is 0 Å². The van der Waals surface area contributed by atoms with Crippen molar-refractivity contribution in [2.24, 2.45) is 11.8 Å². The van der Waals surface area contributed by atoms with Crippen LogP contribution in [-0.2, 0) is 4.79 Å². The van der Waals surface area contributed by atoms with Gasteiger partial charge >= 0.3 is 0 Å². The molecule has 1 rings (SSSR count). The third kappa shape index (κ3) is 5.39. The molecule has 1 aliphatic rings. The van der Waals surface area contributed by atoms with Crippen molar-refractivity contribution in [2.45, 2.75) is 82.8 Å². The van der Waals surface area contributed by atoms with Crippen molar-refractivity contribution in [1.29, 1.82) is 0 Å². The number of carbonyl (C=O) groups is 1. The molecule has 7 heteroatoms. The van der Waals surface area contributed by atoms with E-state index in [9.17, 15) is 25.2 Å². The van der Waals surface area contributed by atoms with E-state index in [-0.39, 0.29) is 6.04 Å². The molecule has 0 bridgehead atoms. The van der Waals surface area contributed by atoms with Crippen molar-refractivity contribution in [3.63, 3.8) is 0 Å². The lowest BCUT2D eigenvalue weighted by molar-refractivity contribution is -0.150.